The minimum absolute atomic E-state index is 0.222. The van der Waals surface area contributed by atoms with Crippen molar-refractivity contribution in [3.05, 3.63) is 70.2 Å². The molecule has 0 saturated carbocycles. The van der Waals surface area contributed by atoms with E-state index in [0.29, 0.717) is 22.2 Å². The van der Waals surface area contributed by atoms with Gasteiger partial charge in [-0.3, -0.25) is 14.5 Å². The van der Waals surface area contributed by atoms with Crippen LogP contribution < -0.4 is 5.32 Å². The first-order valence-corrected chi connectivity index (χ1v) is 7.95. The summed E-state index contributed by atoms with van der Waals surface area (Å²) in [5, 5.41) is 7.76. The maximum Gasteiger partial charge on any atom is 0.251 e. The minimum atomic E-state index is -0.222. The third-order valence-electron chi connectivity index (χ3n) is 3.47. The number of amides is 1. The van der Waals surface area contributed by atoms with Crippen molar-refractivity contribution in [2.45, 2.75) is 6.54 Å². The summed E-state index contributed by atoms with van der Waals surface area (Å²) in [5.41, 5.74) is 3.28. The van der Waals surface area contributed by atoms with Crippen LogP contribution in [0.3, 0.4) is 0 Å². The van der Waals surface area contributed by atoms with E-state index in [1.165, 1.54) is 0 Å². The zero-order valence-electron chi connectivity index (χ0n) is 12.8. The van der Waals surface area contributed by atoms with Crippen molar-refractivity contribution in [1.29, 1.82) is 0 Å². The summed E-state index contributed by atoms with van der Waals surface area (Å²) in [7, 11) is 1.86. The van der Waals surface area contributed by atoms with Crippen LogP contribution in [0.1, 0.15) is 15.9 Å². The highest BCUT2D eigenvalue weighted by Crippen LogP contribution is 2.22. The number of nitrogens with zero attached hydrogens (tertiary/aromatic N) is 3. The Kier molecular flexibility index (Phi) is 4.83. The first-order valence-electron chi connectivity index (χ1n) is 7.19. The Hall–Kier alpha value is -2.37. The van der Waals surface area contributed by atoms with Crippen LogP contribution in [-0.4, -0.2) is 20.7 Å². The molecule has 7 heteroatoms. The summed E-state index contributed by atoms with van der Waals surface area (Å²) >= 11 is 11.8. The first kappa shape index (κ1) is 16.5. The van der Waals surface area contributed by atoms with Crippen molar-refractivity contribution in [2.75, 3.05) is 0 Å². The van der Waals surface area contributed by atoms with E-state index in [1.807, 2.05) is 19.3 Å². The Morgan fingerprint density at radius 1 is 1.12 bits per heavy atom. The quantitative estimate of drug-likeness (QED) is 0.771. The molecule has 0 unspecified atom stereocenters. The molecule has 0 bridgehead atoms. The zero-order chi connectivity index (χ0) is 17.1. The topological polar surface area (TPSA) is 59.8 Å². The van der Waals surface area contributed by atoms with Gasteiger partial charge in [0.05, 0.1) is 16.2 Å². The largest absolute Gasteiger partial charge is 0.348 e. The van der Waals surface area contributed by atoms with Crippen molar-refractivity contribution >= 4 is 29.1 Å². The van der Waals surface area contributed by atoms with Gasteiger partial charge in [0.25, 0.3) is 5.91 Å². The van der Waals surface area contributed by atoms with Gasteiger partial charge in [0.2, 0.25) is 0 Å². The number of pyridine rings is 1. The third kappa shape index (κ3) is 3.75. The van der Waals surface area contributed by atoms with Gasteiger partial charge in [0.1, 0.15) is 0 Å². The lowest BCUT2D eigenvalue weighted by Crippen LogP contribution is -2.22. The second kappa shape index (κ2) is 7.03. The van der Waals surface area contributed by atoms with Crippen molar-refractivity contribution in [3.8, 4) is 11.1 Å². The number of aromatic nitrogens is 3. The Morgan fingerprint density at radius 2 is 1.96 bits per heavy atom. The van der Waals surface area contributed by atoms with Gasteiger partial charge in [0, 0.05) is 48.9 Å². The van der Waals surface area contributed by atoms with Gasteiger partial charge in [-0.2, -0.15) is 5.10 Å². The van der Waals surface area contributed by atoms with Crippen LogP contribution in [0, 0.1) is 0 Å². The second-order valence-electron chi connectivity index (χ2n) is 5.30. The van der Waals surface area contributed by atoms with E-state index < -0.39 is 0 Å². The van der Waals surface area contributed by atoms with Gasteiger partial charge >= 0.3 is 0 Å². The summed E-state index contributed by atoms with van der Waals surface area (Å²) < 4.78 is 1.73. The summed E-state index contributed by atoms with van der Waals surface area (Å²) in [6, 6.07) is 6.75. The van der Waals surface area contributed by atoms with Gasteiger partial charge in [-0.1, -0.05) is 23.2 Å². The monoisotopic (exact) mass is 360 g/mol. The fraction of sp³-hybridized carbons (Fsp3) is 0.118. The van der Waals surface area contributed by atoms with Crippen LogP contribution in [0.4, 0.5) is 0 Å². The number of hydrogen-bond acceptors (Lipinski definition) is 3. The molecule has 3 rings (SSSR count). The SMILES string of the molecule is Cn1cc(-c2cncc(CNC(=O)c3ccc(Cl)c(Cl)c3)c2)cn1. The molecular formula is C17H14Cl2N4O. The Bertz CT molecular complexity index is 892. The molecular weight excluding hydrogens is 347 g/mol. The standard InChI is InChI=1S/C17H14Cl2N4O/c1-23-10-14(9-22-23)13-4-11(6-20-8-13)7-21-17(24)12-2-3-15(18)16(19)5-12/h2-6,8-10H,7H2,1H3,(H,21,24). The van der Waals surface area contributed by atoms with Gasteiger partial charge < -0.3 is 5.32 Å². The smallest absolute Gasteiger partial charge is 0.251 e. The highest BCUT2D eigenvalue weighted by atomic mass is 35.5. The van der Waals surface area contributed by atoms with Crippen molar-refractivity contribution in [3.63, 3.8) is 0 Å². The highest BCUT2D eigenvalue weighted by molar-refractivity contribution is 6.42. The molecule has 0 aliphatic heterocycles. The molecule has 1 amide bonds. The molecule has 0 fully saturated rings. The van der Waals surface area contributed by atoms with Gasteiger partial charge in [-0.15, -0.1) is 0 Å². The maximum atomic E-state index is 12.2. The molecule has 0 aliphatic rings. The van der Waals surface area contributed by atoms with E-state index in [4.69, 9.17) is 23.2 Å². The fourth-order valence-corrected chi connectivity index (χ4v) is 2.53. The number of rotatable bonds is 4. The molecule has 122 valence electrons. The predicted molar refractivity (Wildman–Crippen MR) is 94.1 cm³/mol. The number of aryl methyl sites for hydroxylation is 1. The second-order valence-corrected chi connectivity index (χ2v) is 6.11. The molecule has 0 aliphatic carbocycles. The van der Waals surface area contributed by atoms with Gasteiger partial charge in [0.15, 0.2) is 0 Å². The number of hydrogen-bond donors (Lipinski definition) is 1. The molecule has 2 aromatic heterocycles. The van der Waals surface area contributed by atoms with E-state index in [2.05, 4.69) is 15.4 Å². The van der Waals surface area contributed by atoms with Crippen molar-refractivity contribution in [1.82, 2.24) is 20.1 Å². The summed E-state index contributed by atoms with van der Waals surface area (Å²) in [6.07, 6.45) is 7.17. The van der Waals surface area contributed by atoms with Gasteiger partial charge in [-0.25, -0.2) is 0 Å². The highest BCUT2D eigenvalue weighted by Gasteiger charge is 2.09. The molecule has 1 aromatic carbocycles. The van der Waals surface area contributed by atoms with Crippen LogP contribution >= 0.6 is 23.2 Å². The Balaban J connectivity index is 1.70. The van der Waals surface area contributed by atoms with Gasteiger partial charge in [-0.05, 0) is 29.8 Å². The predicted octanol–water partition coefficient (Wildman–Crippen LogP) is 3.72. The van der Waals surface area contributed by atoms with E-state index in [9.17, 15) is 4.79 Å². The van der Waals surface area contributed by atoms with Crippen LogP contribution in [0.2, 0.25) is 10.0 Å². The number of nitrogens with one attached hydrogen (secondary N) is 1. The lowest BCUT2D eigenvalue weighted by molar-refractivity contribution is 0.0951. The Labute approximate surface area is 149 Å². The molecule has 0 atom stereocenters. The average Bonchev–Trinajstić information content (AvgIpc) is 3.02. The average molecular weight is 361 g/mol. The van der Waals surface area contributed by atoms with E-state index in [0.717, 1.165) is 16.7 Å². The zero-order valence-corrected chi connectivity index (χ0v) is 14.3. The van der Waals surface area contributed by atoms with Crippen LogP contribution in [-0.2, 0) is 13.6 Å². The molecule has 2 heterocycles. The molecule has 0 radical (unpaired) electrons. The fourth-order valence-electron chi connectivity index (χ4n) is 2.23. The van der Waals surface area contributed by atoms with E-state index >= 15 is 0 Å². The van der Waals surface area contributed by atoms with E-state index in [-0.39, 0.29) is 5.91 Å². The number of carbonyl (C=O) groups excluding carboxylic acids is 1. The summed E-state index contributed by atoms with van der Waals surface area (Å²) in [5.74, 6) is -0.222. The number of halogens is 2. The third-order valence-corrected chi connectivity index (χ3v) is 4.21. The molecule has 0 saturated heterocycles. The lowest BCUT2D eigenvalue weighted by Gasteiger charge is -2.07. The molecule has 24 heavy (non-hydrogen) atoms. The molecule has 3 aromatic rings. The maximum absolute atomic E-state index is 12.2. The normalized spacial score (nSPS) is 10.6. The van der Waals surface area contributed by atoms with Crippen molar-refractivity contribution in [2.24, 2.45) is 7.05 Å². The minimum Gasteiger partial charge on any atom is -0.348 e. The number of carbonyl (C=O) groups is 1. The molecule has 0 spiro atoms. The van der Waals surface area contributed by atoms with Crippen LogP contribution in [0.25, 0.3) is 11.1 Å². The number of benzene rings is 1. The Morgan fingerprint density at radius 3 is 2.67 bits per heavy atom. The summed E-state index contributed by atoms with van der Waals surface area (Å²) in [6.45, 7) is 0.361. The van der Waals surface area contributed by atoms with E-state index in [1.54, 1.807) is 41.5 Å². The van der Waals surface area contributed by atoms with Crippen LogP contribution in [0.15, 0.2) is 49.1 Å². The molecule has 5 nitrogen and oxygen atoms in total. The van der Waals surface area contributed by atoms with Crippen molar-refractivity contribution < 1.29 is 4.79 Å². The molecule has 1 N–H and O–H groups in total. The first-order chi connectivity index (χ1) is 11.5. The summed E-state index contributed by atoms with van der Waals surface area (Å²) in [4.78, 5) is 16.4. The lowest BCUT2D eigenvalue weighted by atomic mass is 10.1. The van der Waals surface area contributed by atoms with Crippen LogP contribution in [0.5, 0.6) is 0 Å².